The summed E-state index contributed by atoms with van der Waals surface area (Å²) in [5.41, 5.74) is 36.4. The van der Waals surface area contributed by atoms with E-state index in [0.717, 1.165) is 90.5 Å². The molecule has 510 valence electrons. The molecule has 4 atom stereocenters. The lowest BCUT2D eigenvalue weighted by Gasteiger charge is -2.25. The first-order valence-corrected chi connectivity index (χ1v) is 38.5. The van der Waals surface area contributed by atoms with E-state index in [4.69, 9.17) is 46.2 Å². The number of nitrogen functional groups attached to an aromatic ring is 3. The number of hydrogen-bond acceptors (Lipinski definition) is 21. The van der Waals surface area contributed by atoms with Crippen molar-refractivity contribution < 1.29 is 26.8 Å². The van der Waals surface area contributed by atoms with Crippen molar-refractivity contribution in [3.05, 3.63) is 208 Å². The van der Waals surface area contributed by atoms with Gasteiger partial charge >= 0.3 is 0 Å². The molecule has 6 aromatic carbocycles. The van der Waals surface area contributed by atoms with Gasteiger partial charge in [-0.2, -0.15) is 8.73 Å². The fourth-order valence-electron chi connectivity index (χ4n) is 12.2. The first-order chi connectivity index (χ1) is 47.0. The monoisotopic (exact) mass is 1390 g/mol. The Bertz CT molecular complexity index is 5350. The van der Waals surface area contributed by atoms with Gasteiger partial charge in [0, 0.05) is 146 Å². The normalized spacial score (nSPS) is 16.2. The van der Waals surface area contributed by atoms with Crippen LogP contribution in [0.1, 0.15) is 94.7 Å². The highest BCUT2D eigenvalue weighted by atomic mass is 32.2. The van der Waals surface area contributed by atoms with Crippen molar-refractivity contribution in [1.29, 1.82) is 4.78 Å². The molecule has 0 fully saturated rings. The van der Waals surface area contributed by atoms with E-state index in [2.05, 4.69) is 121 Å². The van der Waals surface area contributed by atoms with Crippen LogP contribution in [0.3, 0.4) is 0 Å². The summed E-state index contributed by atoms with van der Waals surface area (Å²) in [6, 6.07) is 35.8. The summed E-state index contributed by atoms with van der Waals surface area (Å²) in [6.45, 7) is 14.6. The van der Waals surface area contributed by atoms with Crippen LogP contribution in [-0.2, 0) is 55.4 Å². The molecule has 1 unspecified atom stereocenters. The first kappa shape index (κ1) is 68.5. The molecule has 0 aliphatic carbocycles. The minimum Gasteiger partial charge on any atom is -0.467 e. The fraction of sp³-hybridized carbons (Fsp3) is 0.260. The molecule has 7 N–H and O–H groups in total. The van der Waals surface area contributed by atoms with Gasteiger partial charge in [-0.25, -0.2) is 57.3 Å². The lowest BCUT2D eigenvalue weighted by molar-refractivity contribution is 0.214. The minimum atomic E-state index is -2.91. The van der Waals surface area contributed by atoms with Crippen molar-refractivity contribution in [2.75, 3.05) is 55.5 Å². The predicted octanol–water partition coefficient (Wildman–Crippen LogP) is 13.7. The molecule has 99 heavy (non-hydrogen) atoms. The molecular weight excluding hydrogens is 1310 g/mol. The van der Waals surface area contributed by atoms with Gasteiger partial charge in [0.05, 0.1) is 56.8 Å². The number of nitrogens with two attached hydrogens (primary N) is 3. The van der Waals surface area contributed by atoms with Crippen LogP contribution in [0.4, 0.5) is 28.8 Å². The molecule has 26 heteroatoms. The Morgan fingerprint density at radius 1 is 0.455 bits per heavy atom. The number of ether oxygens (including phenoxy) is 3. The van der Waals surface area contributed by atoms with E-state index in [1.807, 2.05) is 89.5 Å². The Kier molecular flexibility index (Phi) is 19.0. The Hall–Kier alpha value is -10.4. The van der Waals surface area contributed by atoms with Crippen LogP contribution >= 0.6 is 0 Å². The van der Waals surface area contributed by atoms with E-state index in [0.29, 0.717) is 58.9 Å². The summed E-state index contributed by atoms with van der Waals surface area (Å²) in [7, 11) is -5.44. The van der Waals surface area contributed by atoms with Crippen molar-refractivity contribution in [3.8, 4) is 74.2 Å². The Morgan fingerprint density at radius 2 is 0.818 bits per heavy atom. The van der Waals surface area contributed by atoms with Crippen LogP contribution in [0.2, 0.25) is 0 Å². The van der Waals surface area contributed by atoms with Crippen LogP contribution in [0, 0.1) is 25.6 Å². The molecule has 14 rings (SSSR count). The van der Waals surface area contributed by atoms with Crippen LogP contribution < -0.4 is 31.4 Å². The molecule has 0 amide bonds. The molecule has 6 bridgehead atoms. The third-order valence-electron chi connectivity index (χ3n) is 16.9. The molecule has 3 aliphatic heterocycles. The Morgan fingerprint density at radius 3 is 1.24 bits per heavy atom. The van der Waals surface area contributed by atoms with E-state index in [1.54, 1.807) is 68.1 Å². The second kappa shape index (κ2) is 27.5. The van der Waals surface area contributed by atoms with Crippen molar-refractivity contribution in [2.24, 2.45) is 8.73 Å². The van der Waals surface area contributed by atoms with E-state index < -0.39 is 29.2 Å². The average Bonchev–Trinajstić information content (AvgIpc) is 1.75. The first-order valence-electron chi connectivity index (χ1n) is 31.8. The SMILES string of the molecule is Cc1ccc2c(c1)[C@@H](C)Oc1nc(cnc1N)-c1cc(N=S(C)(C)=O)ccc1CN(C)C2.Cc1ccc2c(c1)[C@@H](C)Oc1nc(cnc1N)-c1cc(N=S(C)(C)=O)ccc1Cn1ccnc1-2.Cc1ccc2c(c1)[C@@H](C)Oc1nc(cnc1N)-c1cc(S(C)(=N)=O)ccc1Cn1ccnc1-2. The van der Waals surface area contributed by atoms with E-state index in [-0.39, 0.29) is 47.5 Å². The zero-order chi connectivity index (χ0) is 70.4. The van der Waals surface area contributed by atoms with E-state index in [9.17, 15) is 12.6 Å². The lowest BCUT2D eigenvalue weighted by Crippen LogP contribution is -2.20. The fourth-order valence-corrected chi connectivity index (χ4v) is 14.1. The molecule has 5 aromatic heterocycles. The molecule has 0 spiro atoms. The van der Waals surface area contributed by atoms with Gasteiger partial charge < -0.3 is 40.5 Å². The maximum atomic E-state index is 12.5. The summed E-state index contributed by atoms with van der Waals surface area (Å²) in [5.74, 6) is 3.13. The van der Waals surface area contributed by atoms with Gasteiger partial charge in [0.2, 0.25) is 0 Å². The molecule has 23 nitrogen and oxygen atoms in total. The Balaban J connectivity index is 0.000000141. The van der Waals surface area contributed by atoms with E-state index >= 15 is 0 Å². The summed E-state index contributed by atoms with van der Waals surface area (Å²) in [6.07, 6.45) is 19.3. The molecule has 8 heterocycles. The maximum absolute atomic E-state index is 12.5. The minimum absolute atomic E-state index is 0.191. The number of fused-ring (bicyclic) bond motifs is 19. The quantitative estimate of drug-likeness (QED) is 0.128. The highest BCUT2D eigenvalue weighted by Crippen LogP contribution is 2.40. The maximum Gasteiger partial charge on any atom is 0.258 e. The largest absolute Gasteiger partial charge is 0.467 e. The highest BCUT2D eigenvalue weighted by Gasteiger charge is 2.27. The third-order valence-corrected chi connectivity index (χ3v) is 19.3. The van der Waals surface area contributed by atoms with Crippen molar-refractivity contribution in [3.63, 3.8) is 0 Å². The molecule has 11 aromatic rings. The topological polar surface area (TPSA) is 322 Å². The van der Waals surface area contributed by atoms with Crippen LogP contribution in [-0.4, -0.2) is 105 Å². The number of imidazole rings is 2. The highest BCUT2D eigenvalue weighted by molar-refractivity contribution is 7.92. The number of nitrogens with zero attached hydrogens (tertiary/aromatic N) is 13. The number of benzene rings is 6. The number of nitrogens with one attached hydrogen (secondary N) is 1. The van der Waals surface area contributed by atoms with Crippen molar-refractivity contribution in [2.45, 2.75) is 90.9 Å². The van der Waals surface area contributed by atoms with Gasteiger partial charge in [-0.1, -0.05) is 89.5 Å². The molecule has 0 saturated carbocycles. The summed E-state index contributed by atoms with van der Waals surface area (Å²) in [4.78, 5) is 39.1. The number of aryl methyl sites for hydroxylation is 3. The molecule has 3 aliphatic rings. The number of rotatable bonds is 3. The Labute approximate surface area is 577 Å². The average molecular weight is 1390 g/mol. The van der Waals surface area contributed by atoms with Crippen LogP contribution in [0.15, 0.2) is 166 Å². The number of anilines is 3. The zero-order valence-corrected chi connectivity index (χ0v) is 59.7. The van der Waals surface area contributed by atoms with Crippen molar-refractivity contribution >= 4 is 58.0 Å². The molecule has 0 saturated heterocycles. The smallest absolute Gasteiger partial charge is 0.258 e. The van der Waals surface area contributed by atoms with Gasteiger partial charge in [-0.05, 0) is 113 Å². The molecule has 0 radical (unpaired) electrons. The van der Waals surface area contributed by atoms with Crippen LogP contribution in [0.25, 0.3) is 56.5 Å². The predicted molar refractivity (Wildman–Crippen MR) is 391 cm³/mol. The van der Waals surface area contributed by atoms with Gasteiger partial charge in [0.25, 0.3) is 17.6 Å². The second-order valence-electron chi connectivity index (χ2n) is 25.8. The van der Waals surface area contributed by atoms with Gasteiger partial charge in [-0.3, -0.25) is 4.90 Å². The standard InChI is InChI=1S/C25H26N6O2S.C24H24N6O2S.C24H29N5O2S/c1-15-5-8-19-20(11-15)16(2)33-25-23(26)28-13-22(29-25)21-12-18(30-34(3,4)32)7-6-17(21)14-31-10-9-27-24(19)31;1-14-4-7-18-19(10-14)15(2)32-24-22(25)28-12-21(29-24)20-11-17(33(3,26)31)6-5-16(20)13-30-9-8-27-23(18)30;1-15-6-7-17-13-29(3)14-18-8-9-19(28-32(4,5)30)11-21(18)22-12-26-23(25)24(27-22)31-16(2)20(17)10-15/h5-13,16H,14H2,1-4H3,(H2,26,28);4-12,15,26H,13H2,1-3H3,(H2,25,28);6-12,16H,13-14H2,1-5H3,(H2,25,26)/t16-;15-,33?;16-/m111/s1. The van der Waals surface area contributed by atoms with Crippen LogP contribution in [0.5, 0.6) is 17.6 Å². The van der Waals surface area contributed by atoms with Crippen molar-refractivity contribution in [1.82, 2.24) is 53.9 Å². The van der Waals surface area contributed by atoms with Gasteiger partial charge in [-0.15, -0.1) is 0 Å². The number of aromatic nitrogens is 10. The summed E-state index contributed by atoms with van der Waals surface area (Å²) >= 11 is 0. The van der Waals surface area contributed by atoms with Gasteiger partial charge in [0.1, 0.15) is 30.0 Å². The van der Waals surface area contributed by atoms with E-state index in [1.165, 1.54) is 17.4 Å². The summed E-state index contributed by atoms with van der Waals surface area (Å²) < 4.78 is 76.7. The third kappa shape index (κ3) is 15.6. The lowest BCUT2D eigenvalue weighted by atomic mass is 9.99. The molecular formula is C73H79N17O6S3. The zero-order valence-electron chi connectivity index (χ0n) is 57.2. The van der Waals surface area contributed by atoms with Gasteiger partial charge in [0.15, 0.2) is 17.5 Å². The summed E-state index contributed by atoms with van der Waals surface area (Å²) in [5, 5.41) is 0. The number of hydrogen-bond donors (Lipinski definition) is 4. The second-order valence-corrected chi connectivity index (χ2v) is 33.1.